The summed E-state index contributed by atoms with van der Waals surface area (Å²) >= 11 is 1.41. The van der Waals surface area contributed by atoms with Gasteiger partial charge in [0.25, 0.3) is 5.56 Å². The lowest BCUT2D eigenvalue weighted by atomic mass is 9.91. The number of hydrogen-bond donors (Lipinski definition) is 0. The molecule has 0 amide bonds. The van der Waals surface area contributed by atoms with E-state index in [1.807, 2.05) is 83.1 Å². The molecule has 0 aliphatic rings. The van der Waals surface area contributed by atoms with Gasteiger partial charge in [0.15, 0.2) is 0 Å². The molecular formula is C23H25N5O2S. The van der Waals surface area contributed by atoms with Crippen LogP contribution in [-0.2, 0) is 11.2 Å². The van der Waals surface area contributed by atoms with E-state index in [0.29, 0.717) is 22.2 Å². The van der Waals surface area contributed by atoms with Crippen LogP contribution in [0.3, 0.4) is 0 Å². The highest BCUT2D eigenvalue weighted by Gasteiger charge is 2.29. The Morgan fingerprint density at radius 3 is 2.48 bits per heavy atom. The zero-order valence-corrected chi connectivity index (χ0v) is 19.1. The van der Waals surface area contributed by atoms with Crippen molar-refractivity contribution < 1.29 is 4.52 Å². The number of aryl methyl sites for hydroxylation is 2. The highest BCUT2D eigenvalue weighted by molar-refractivity contribution is 7.98. The first-order valence-corrected chi connectivity index (χ1v) is 11.0. The quantitative estimate of drug-likeness (QED) is 0.426. The van der Waals surface area contributed by atoms with Crippen LogP contribution in [0.4, 0.5) is 0 Å². The number of benzene rings is 2. The summed E-state index contributed by atoms with van der Waals surface area (Å²) in [6.45, 7) is 10.1. The largest absolute Gasteiger partial charge is 0.375 e. The minimum absolute atomic E-state index is 0.150. The van der Waals surface area contributed by atoms with Crippen LogP contribution < -0.4 is 5.56 Å². The first kappa shape index (κ1) is 21.1. The fraction of sp³-hybridized carbons (Fsp3) is 0.304. The SMILES string of the molecule is Cc1ccc(-n2oc(C(C)(C)C)c(CSc3nnnn3-c3ccccc3)c2=O)c(C)c1. The molecule has 7 nitrogen and oxygen atoms in total. The topological polar surface area (TPSA) is 78.7 Å². The standard InChI is InChI=1S/C23H25N5O2S/c1-15-11-12-19(16(2)13-15)28-21(29)18(20(30-28)23(3,4)5)14-31-22-24-25-26-27(22)17-9-7-6-8-10-17/h6-13H,14H2,1-5H3. The first-order valence-electron chi connectivity index (χ1n) is 10.1. The molecule has 0 fully saturated rings. The minimum Gasteiger partial charge on any atom is -0.375 e. The number of nitrogens with zero attached hydrogens (tertiary/aromatic N) is 5. The van der Waals surface area contributed by atoms with Crippen LogP contribution in [0.2, 0.25) is 0 Å². The molecule has 160 valence electrons. The van der Waals surface area contributed by atoms with Crippen molar-refractivity contribution >= 4 is 11.8 Å². The molecule has 0 atom stereocenters. The van der Waals surface area contributed by atoms with E-state index in [1.54, 1.807) is 4.68 Å². The summed E-state index contributed by atoms with van der Waals surface area (Å²) < 4.78 is 9.21. The third kappa shape index (κ3) is 4.20. The Balaban J connectivity index is 1.72. The number of aromatic nitrogens is 5. The van der Waals surface area contributed by atoms with Gasteiger partial charge in [-0.2, -0.15) is 4.68 Å². The summed E-state index contributed by atoms with van der Waals surface area (Å²) in [5.41, 5.74) is 3.90. The van der Waals surface area contributed by atoms with Crippen LogP contribution in [0.15, 0.2) is 63.0 Å². The van der Waals surface area contributed by atoms with E-state index >= 15 is 0 Å². The summed E-state index contributed by atoms with van der Waals surface area (Å²) in [4.78, 5) is 13.4. The predicted octanol–water partition coefficient (Wildman–Crippen LogP) is 4.61. The molecule has 0 saturated carbocycles. The average molecular weight is 436 g/mol. The van der Waals surface area contributed by atoms with Crippen LogP contribution >= 0.6 is 11.8 Å². The van der Waals surface area contributed by atoms with Gasteiger partial charge in [-0.3, -0.25) is 4.79 Å². The Kier molecular flexibility index (Phi) is 5.58. The van der Waals surface area contributed by atoms with Crippen LogP contribution in [-0.4, -0.2) is 24.9 Å². The Morgan fingerprint density at radius 2 is 1.81 bits per heavy atom. The van der Waals surface area contributed by atoms with Crippen molar-refractivity contribution in [1.82, 2.24) is 24.9 Å². The van der Waals surface area contributed by atoms with Crippen molar-refractivity contribution in [2.45, 2.75) is 50.9 Å². The zero-order chi connectivity index (χ0) is 22.2. The molecule has 8 heteroatoms. The van der Waals surface area contributed by atoms with Gasteiger partial charge in [-0.15, -0.1) is 9.84 Å². The maximum Gasteiger partial charge on any atom is 0.291 e. The molecule has 0 aliphatic carbocycles. The molecule has 0 N–H and O–H groups in total. The molecule has 2 heterocycles. The lowest BCUT2D eigenvalue weighted by Gasteiger charge is -2.16. The van der Waals surface area contributed by atoms with E-state index in [1.165, 1.54) is 16.5 Å². The van der Waals surface area contributed by atoms with E-state index < -0.39 is 0 Å². The summed E-state index contributed by atoms with van der Waals surface area (Å²) in [5.74, 6) is 1.07. The van der Waals surface area contributed by atoms with Crippen LogP contribution in [0, 0.1) is 13.8 Å². The summed E-state index contributed by atoms with van der Waals surface area (Å²) in [5, 5.41) is 12.7. The van der Waals surface area contributed by atoms with Crippen molar-refractivity contribution in [3.05, 3.63) is 81.3 Å². The predicted molar refractivity (Wildman–Crippen MR) is 121 cm³/mol. The number of thioether (sulfide) groups is 1. The smallest absolute Gasteiger partial charge is 0.291 e. The van der Waals surface area contributed by atoms with Crippen molar-refractivity contribution in [3.63, 3.8) is 0 Å². The van der Waals surface area contributed by atoms with E-state index in [0.717, 1.165) is 22.5 Å². The number of para-hydroxylation sites is 1. The van der Waals surface area contributed by atoms with Gasteiger partial charge in [0.2, 0.25) is 5.16 Å². The molecule has 31 heavy (non-hydrogen) atoms. The minimum atomic E-state index is -0.329. The summed E-state index contributed by atoms with van der Waals surface area (Å²) in [7, 11) is 0. The molecule has 2 aromatic heterocycles. The Morgan fingerprint density at radius 1 is 1.06 bits per heavy atom. The fourth-order valence-electron chi connectivity index (χ4n) is 3.45. The normalized spacial score (nSPS) is 11.8. The van der Waals surface area contributed by atoms with Crippen LogP contribution in [0.5, 0.6) is 0 Å². The fourth-order valence-corrected chi connectivity index (χ4v) is 4.34. The van der Waals surface area contributed by atoms with E-state index in [9.17, 15) is 4.79 Å². The summed E-state index contributed by atoms with van der Waals surface area (Å²) in [6, 6.07) is 15.6. The van der Waals surface area contributed by atoms with Crippen molar-refractivity contribution in [2.75, 3.05) is 0 Å². The number of tetrazole rings is 1. The molecule has 0 radical (unpaired) electrons. The van der Waals surface area contributed by atoms with Gasteiger partial charge in [-0.25, -0.2) is 0 Å². The Hall–Kier alpha value is -3.13. The highest BCUT2D eigenvalue weighted by atomic mass is 32.2. The van der Waals surface area contributed by atoms with Crippen molar-refractivity contribution in [3.8, 4) is 11.4 Å². The Labute approximate surface area is 185 Å². The van der Waals surface area contributed by atoms with Crippen LogP contribution in [0.1, 0.15) is 43.2 Å². The Bertz CT molecular complexity index is 1270. The van der Waals surface area contributed by atoms with E-state index in [2.05, 4.69) is 15.5 Å². The summed E-state index contributed by atoms with van der Waals surface area (Å²) in [6.07, 6.45) is 0. The van der Waals surface area contributed by atoms with Crippen molar-refractivity contribution in [1.29, 1.82) is 0 Å². The van der Waals surface area contributed by atoms with Gasteiger partial charge in [0.05, 0.1) is 16.9 Å². The van der Waals surface area contributed by atoms with Gasteiger partial charge >= 0.3 is 0 Å². The molecule has 0 saturated heterocycles. The maximum absolute atomic E-state index is 13.4. The molecular weight excluding hydrogens is 410 g/mol. The molecule has 0 unspecified atom stereocenters. The van der Waals surface area contributed by atoms with E-state index in [4.69, 9.17) is 4.52 Å². The lowest BCUT2D eigenvalue weighted by Crippen LogP contribution is -2.18. The molecule has 0 spiro atoms. The molecule has 0 aliphatic heterocycles. The van der Waals surface area contributed by atoms with Crippen LogP contribution in [0.25, 0.3) is 11.4 Å². The third-order valence-corrected chi connectivity index (χ3v) is 5.88. The monoisotopic (exact) mass is 435 g/mol. The van der Waals surface area contributed by atoms with Gasteiger partial charge in [-0.05, 0) is 48.0 Å². The van der Waals surface area contributed by atoms with Gasteiger partial charge in [0, 0.05) is 11.2 Å². The van der Waals surface area contributed by atoms with Gasteiger partial charge in [0.1, 0.15) is 5.76 Å². The van der Waals surface area contributed by atoms with Crippen molar-refractivity contribution in [2.24, 2.45) is 0 Å². The number of rotatable bonds is 5. The first-order chi connectivity index (χ1) is 14.8. The second-order valence-corrected chi connectivity index (χ2v) is 9.48. The average Bonchev–Trinajstić information content (AvgIpc) is 3.31. The molecule has 0 bridgehead atoms. The second kappa shape index (κ2) is 8.19. The second-order valence-electron chi connectivity index (χ2n) is 8.54. The molecule has 4 aromatic rings. The highest BCUT2D eigenvalue weighted by Crippen LogP contribution is 2.30. The molecule has 2 aromatic carbocycles. The lowest BCUT2D eigenvalue weighted by molar-refractivity contribution is 0.275. The number of hydrogen-bond acceptors (Lipinski definition) is 6. The van der Waals surface area contributed by atoms with Gasteiger partial charge in [-0.1, -0.05) is 68.4 Å². The third-order valence-electron chi connectivity index (χ3n) is 4.94. The van der Waals surface area contributed by atoms with E-state index in [-0.39, 0.29) is 11.0 Å². The maximum atomic E-state index is 13.4. The zero-order valence-electron chi connectivity index (χ0n) is 18.3. The molecule has 4 rings (SSSR count). The van der Waals surface area contributed by atoms with Gasteiger partial charge < -0.3 is 4.52 Å².